The van der Waals surface area contributed by atoms with Gasteiger partial charge in [-0.1, -0.05) is 18.2 Å². The molecule has 1 aromatic rings. The molecule has 3 heterocycles. The molecule has 184 valence electrons. The van der Waals surface area contributed by atoms with Crippen LogP contribution in [0.2, 0.25) is 0 Å². The number of carboxylic acids is 1. The number of benzene rings is 1. The Kier molecular flexibility index (Phi) is 6.82. The van der Waals surface area contributed by atoms with Crippen molar-refractivity contribution in [2.24, 2.45) is 11.8 Å². The van der Waals surface area contributed by atoms with Crippen LogP contribution < -0.4 is 4.90 Å². The Morgan fingerprint density at radius 2 is 2.06 bits per heavy atom. The number of aryl methyl sites for hydroxylation is 2. The summed E-state index contributed by atoms with van der Waals surface area (Å²) in [6.45, 7) is 8.37. The topological polar surface area (TPSA) is 107 Å². The normalized spacial score (nSPS) is 29.4. The third kappa shape index (κ3) is 3.82. The third-order valence-electron chi connectivity index (χ3n) is 7.61. The number of anilines is 1. The summed E-state index contributed by atoms with van der Waals surface area (Å²) in [7, 11) is 0. The van der Waals surface area contributed by atoms with Crippen molar-refractivity contribution in [1.29, 1.82) is 0 Å². The summed E-state index contributed by atoms with van der Waals surface area (Å²) in [5.41, 5.74) is 1.55. The molecule has 2 bridgehead atoms. The van der Waals surface area contributed by atoms with Crippen molar-refractivity contribution in [2.45, 2.75) is 63.7 Å². The van der Waals surface area contributed by atoms with Crippen LogP contribution in [-0.2, 0) is 19.1 Å². The molecule has 2 amide bonds. The monoisotopic (exact) mass is 470 g/mol. The van der Waals surface area contributed by atoms with E-state index in [0.29, 0.717) is 38.6 Å². The van der Waals surface area contributed by atoms with Crippen molar-refractivity contribution >= 4 is 23.5 Å². The number of aliphatic hydroxyl groups is 1. The molecule has 3 fully saturated rings. The van der Waals surface area contributed by atoms with Gasteiger partial charge in [-0.25, -0.2) is 0 Å². The van der Waals surface area contributed by atoms with Gasteiger partial charge >= 0.3 is 5.97 Å². The first kappa shape index (κ1) is 24.4. The van der Waals surface area contributed by atoms with E-state index in [2.05, 4.69) is 6.58 Å². The fraction of sp³-hybridized carbons (Fsp3) is 0.577. The summed E-state index contributed by atoms with van der Waals surface area (Å²) in [5.74, 6) is -3.42. The summed E-state index contributed by atoms with van der Waals surface area (Å²) in [6.07, 6.45) is 4.04. The zero-order valence-electron chi connectivity index (χ0n) is 19.9. The fourth-order valence-corrected chi connectivity index (χ4v) is 6.12. The number of rotatable bonds is 10. The van der Waals surface area contributed by atoms with E-state index in [1.54, 1.807) is 15.9 Å². The van der Waals surface area contributed by atoms with Crippen LogP contribution in [0.1, 0.15) is 43.2 Å². The number of likely N-dealkylation sites (tertiary alicyclic amines) is 1. The number of aliphatic hydroxyl groups excluding tert-OH is 1. The number of hydrogen-bond acceptors (Lipinski definition) is 5. The van der Waals surface area contributed by atoms with E-state index in [1.807, 2.05) is 32.0 Å². The average Bonchev–Trinajstić information content (AvgIpc) is 3.44. The van der Waals surface area contributed by atoms with Gasteiger partial charge in [0.1, 0.15) is 11.6 Å². The molecule has 0 aromatic heterocycles. The van der Waals surface area contributed by atoms with Crippen molar-refractivity contribution in [2.75, 3.05) is 24.6 Å². The standard InChI is InChI=1S/C26H34N2O6/c1-4-12-27(18-15-16(2)8-9-17(18)3)24(31)22-26-11-10-19(34-26)20(25(32)33)21(26)23(30)28(22)13-6-5-7-14-29/h4,8-9,15,19-22,29H,1,5-7,10-14H2,2-3H3,(H,32,33)/t19-,20+,21+,22?,26?/m1/s1. The lowest BCUT2D eigenvalue weighted by atomic mass is 9.70. The van der Waals surface area contributed by atoms with E-state index < -0.39 is 35.6 Å². The summed E-state index contributed by atoms with van der Waals surface area (Å²) < 4.78 is 6.28. The molecule has 4 rings (SSSR count). The van der Waals surface area contributed by atoms with Crippen molar-refractivity contribution in [3.05, 3.63) is 42.0 Å². The highest BCUT2D eigenvalue weighted by Crippen LogP contribution is 2.58. The Bertz CT molecular complexity index is 994. The van der Waals surface area contributed by atoms with E-state index in [9.17, 15) is 19.5 Å². The number of carbonyl (C=O) groups excluding carboxylic acids is 2. The predicted molar refractivity (Wildman–Crippen MR) is 126 cm³/mol. The van der Waals surface area contributed by atoms with Crippen molar-refractivity contribution < 1.29 is 29.3 Å². The molecule has 3 aliphatic rings. The molecule has 2 N–H and O–H groups in total. The van der Waals surface area contributed by atoms with Gasteiger partial charge in [0.05, 0.1) is 17.9 Å². The van der Waals surface area contributed by atoms with Crippen molar-refractivity contribution in [1.82, 2.24) is 4.90 Å². The zero-order valence-corrected chi connectivity index (χ0v) is 19.9. The molecule has 1 spiro atoms. The summed E-state index contributed by atoms with van der Waals surface area (Å²) in [4.78, 5) is 43.2. The van der Waals surface area contributed by atoms with Crippen LogP contribution in [0.15, 0.2) is 30.9 Å². The molecule has 34 heavy (non-hydrogen) atoms. The Hall–Kier alpha value is -2.71. The maximum Gasteiger partial charge on any atom is 0.310 e. The molecule has 0 saturated carbocycles. The number of hydrogen-bond donors (Lipinski definition) is 2. The van der Waals surface area contributed by atoms with Crippen LogP contribution in [0.3, 0.4) is 0 Å². The summed E-state index contributed by atoms with van der Waals surface area (Å²) in [5, 5.41) is 19.0. The van der Waals surface area contributed by atoms with Crippen molar-refractivity contribution in [3.63, 3.8) is 0 Å². The van der Waals surface area contributed by atoms with Gasteiger partial charge in [-0.3, -0.25) is 14.4 Å². The number of carbonyl (C=O) groups is 3. The molecule has 1 aromatic carbocycles. The number of amides is 2. The van der Waals surface area contributed by atoms with Gasteiger partial charge in [0.2, 0.25) is 5.91 Å². The van der Waals surface area contributed by atoms with Crippen molar-refractivity contribution in [3.8, 4) is 0 Å². The summed E-state index contributed by atoms with van der Waals surface area (Å²) >= 11 is 0. The largest absolute Gasteiger partial charge is 0.481 e. The molecule has 5 atom stereocenters. The fourth-order valence-electron chi connectivity index (χ4n) is 6.12. The van der Waals surface area contributed by atoms with Gasteiger partial charge in [0.25, 0.3) is 5.91 Å². The highest BCUT2D eigenvalue weighted by atomic mass is 16.5. The lowest BCUT2D eigenvalue weighted by Crippen LogP contribution is -2.56. The Balaban J connectivity index is 1.75. The minimum atomic E-state index is -1.13. The van der Waals surface area contributed by atoms with Crippen LogP contribution in [0.4, 0.5) is 5.69 Å². The van der Waals surface area contributed by atoms with Gasteiger partial charge in [-0.15, -0.1) is 6.58 Å². The smallest absolute Gasteiger partial charge is 0.310 e. The Morgan fingerprint density at radius 1 is 1.29 bits per heavy atom. The third-order valence-corrected chi connectivity index (χ3v) is 7.61. The number of nitrogens with zero attached hydrogens (tertiary/aromatic N) is 2. The lowest BCUT2D eigenvalue weighted by Gasteiger charge is -2.37. The van der Waals surface area contributed by atoms with Crippen LogP contribution >= 0.6 is 0 Å². The number of unbranched alkanes of at least 4 members (excludes halogenated alkanes) is 2. The first-order valence-electron chi connectivity index (χ1n) is 12.1. The van der Waals surface area contributed by atoms with E-state index in [0.717, 1.165) is 16.8 Å². The molecule has 3 saturated heterocycles. The molecule has 0 aliphatic carbocycles. The molecule has 8 heteroatoms. The van der Waals surface area contributed by atoms with Crippen LogP contribution in [0.5, 0.6) is 0 Å². The van der Waals surface area contributed by atoms with Gasteiger partial charge in [0, 0.05) is 25.4 Å². The molecular formula is C26H34N2O6. The van der Waals surface area contributed by atoms with E-state index in [1.165, 1.54) is 0 Å². The molecule has 3 aliphatic heterocycles. The predicted octanol–water partition coefficient (Wildman–Crippen LogP) is 2.44. The first-order chi connectivity index (χ1) is 16.3. The molecule has 2 unspecified atom stereocenters. The minimum absolute atomic E-state index is 0.0640. The quantitative estimate of drug-likeness (QED) is 0.402. The van der Waals surface area contributed by atoms with Gasteiger partial charge in [0.15, 0.2) is 0 Å². The second-order valence-electron chi connectivity index (χ2n) is 9.74. The minimum Gasteiger partial charge on any atom is -0.481 e. The lowest BCUT2D eigenvalue weighted by molar-refractivity contribution is -0.149. The first-order valence-corrected chi connectivity index (χ1v) is 12.1. The van der Waals surface area contributed by atoms with E-state index in [-0.39, 0.29) is 25.0 Å². The van der Waals surface area contributed by atoms with Crippen LogP contribution in [0.25, 0.3) is 0 Å². The Labute approximate surface area is 200 Å². The van der Waals surface area contributed by atoms with Gasteiger partial charge < -0.3 is 24.7 Å². The maximum atomic E-state index is 14.3. The van der Waals surface area contributed by atoms with E-state index >= 15 is 0 Å². The number of ether oxygens (including phenoxy) is 1. The SMILES string of the molecule is C=CCN(C(=O)C1N(CCCCCO)C(=O)[C@@H]2[C@@H](C(=O)O)[C@H]3CCC12O3)c1cc(C)ccc1C. The number of aliphatic carboxylic acids is 1. The van der Waals surface area contributed by atoms with Crippen LogP contribution in [-0.4, -0.2) is 70.3 Å². The molecule has 0 radical (unpaired) electrons. The molecule has 8 nitrogen and oxygen atoms in total. The number of carboxylic acid groups (broad SMARTS) is 1. The maximum absolute atomic E-state index is 14.3. The highest BCUT2D eigenvalue weighted by molar-refractivity contribution is 6.05. The summed E-state index contributed by atoms with van der Waals surface area (Å²) in [6, 6.07) is 4.99. The zero-order chi connectivity index (χ0) is 24.6. The molecular weight excluding hydrogens is 436 g/mol. The second kappa shape index (κ2) is 9.50. The average molecular weight is 471 g/mol. The second-order valence-corrected chi connectivity index (χ2v) is 9.74. The van der Waals surface area contributed by atoms with E-state index in [4.69, 9.17) is 9.84 Å². The van der Waals surface area contributed by atoms with Gasteiger partial charge in [-0.05, 0) is 63.1 Å². The van der Waals surface area contributed by atoms with Crippen LogP contribution in [0, 0.1) is 25.7 Å². The van der Waals surface area contributed by atoms with Gasteiger partial charge in [-0.2, -0.15) is 0 Å². The number of fused-ring (bicyclic) bond motifs is 1. The highest BCUT2D eigenvalue weighted by Gasteiger charge is 2.74. The Morgan fingerprint density at radius 3 is 2.74 bits per heavy atom.